The van der Waals surface area contributed by atoms with Crippen molar-refractivity contribution in [2.24, 2.45) is 11.8 Å². The highest BCUT2D eigenvalue weighted by Crippen LogP contribution is 2.35. The monoisotopic (exact) mass is 510 g/mol. The number of fused-ring (bicyclic) bond motifs is 1. The first kappa shape index (κ1) is 26.6. The van der Waals surface area contributed by atoms with Crippen molar-refractivity contribution < 1.29 is 19.7 Å². The standard InChI is InChI=1S/C29H38N2O4S/c1-35-23-9-10-27-26(19-23)25(13-15-30-27)28(32)11-7-21-14-17-31(20-22(21)8-12-29(33)34)16-3-2-5-24-6-4-18-36-24/h4,6,9-10,13,15,18-19,21-22,28,32H,2-3,5,7-8,11-12,14,16-17,20H2,1H3,(H,33,34)/t21-,22-,28-/m1/s1. The molecule has 0 unspecified atom stereocenters. The van der Waals surface area contributed by atoms with E-state index in [1.807, 2.05) is 35.6 Å². The minimum atomic E-state index is -0.723. The number of ether oxygens (including phenoxy) is 1. The number of aliphatic hydroxyl groups excluding tert-OH is 1. The molecule has 36 heavy (non-hydrogen) atoms. The molecule has 1 aliphatic rings. The summed E-state index contributed by atoms with van der Waals surface area (Å²) in [5.41, 5.74) is 1.73. The number of benzene rings is 1. The van der Waals surface area contributed by atoms with Gasteiger partial charge in [0, 0.05) is 29.4 Å². The maximum Gasteiger partial charge on any atom is 0.303 e. The molecule has 0 bridgehead atoms. The molecule has 0 aliphatic carbocycles. The second-order valence-corrected chi connectivity index (χ2v) is 11.0. The highest BCUT2D eigenvalue weighted by molar-refractivity contribution is 7.09. The van der Waals surface area contributed by atoms with E-state index in [2.05, 4.69) is 27.4 Å². The number of pyridine rings is 1. The van der Waals surface area contributed by atoms with E-state index >= 15 is 0 Å². The smallest absolute Gasteiger partial charge is 0.303 e. The highest BCUT2D eigenvalue weighted by Gasteiger charge is 2.30. The zero-order chi connectivity index (χ0) is 25.3. The molecule has 4 rings (SSSR count). The van der Waals surface area contributed by atoms with Crippen LogP contribution in [0.25, 0.3) is 10.9 Å². The quantitative estimate of drug-likeness (QED) is 0.277. The number of aliphatic hydroxyl groups is 1. The number of aromatic nitrogens is 1. The molecule has 3 aromatic rings. The summed E-state index contributed by atoms with van der Waals surface area (Å²) in [7, 11) is 1.64. The number of carboxylic acids is 1. The van der Waals surface area contributed by atoms with Crippen molar-refractivity contribution >= 4 is 28.2 Å². The van der Waals surface area contributed by atoms with Crippen LogP contribution in [0.3, 0.4) is 0 Å². The number of unbranched alkanes of at least 4 members (excludes halogenated alkanes) is 1. The number of carboxylic acid groups (broad SMARTS) is 1. The van der Waals surface area contributed by atoms with Gasteiger partial charge in [-0.25, -0.2) is 0 Å². The van der Waals surface area contributed by atoms with E-state index in [1.54, 1.807) is 13.3 Å². The minimum Gasteiger partial charge on any atom is -0.497 e. The van der Waals surface area contributed by atoms with Crippen molar-refractivity contribution in [3.63, 3.8) is 0 Å². The molecule has 2 N–H and O–H groups in total. The molecule has 1 aliphatic heterocycles. The lowest BCUT2D eigenvalue weighted by Crippen LogP contribution is -2.41. The summed E-state index contributed by atoms with van der Waals surface area (Å²) >= 11 is 1.83. The molecule has 0 radical (unpaired) electrons. The van der Waals surface area contributed by atoms with Crippen LogP contribution in [0.2, 0.25) is 0 Å². The molecule has 0 saturated carbocycles. The topological polar surface area (TPSA) is 82.9 Å². The zero-order valence-electron chi connectivity index (χ0n) is 21.1. The summed E-state index contributed by atoms with van der Waals surface area (Å²) in [4.78, 5) is 19.7. The van der Waals surface area contributed by atoms with Crippen LogP contribution in [0.4, 0.5) is 0 Å². The van der Waals surface area contributed by atoms with E-state index in [1.165, 1.54) is 17.7 Å². The second kappa shape index (κ2) is 13.2. The lowest BCUT2D eigenvalue weighted by atomic mass is 9.79. The molecule has 0 amide bonds. The minimum absolute atomic E-state index is 0.213. The van der Waals surface area contributed by atoms with Crippen LogP contribution in [0.5, 0.6) is 5.75 Å². The number of aliphatic carboxylic acids is 1. The molecule has 0 spiro atoms. The van der Waals surface area contributed by atoms with Crippen molar-refractivity contribution in [2.75, 3.05) is 26.7 Å². The predicted molar refractivity (Wildman–Crippen MR) is 145 cm³/mol. The molecule has 1 saturated heterocycles. The fourth-order valence-electron chi connectivity index (χ4n) is 5.56. The van der Waals surface area contributed by atoms with Crippen molar-refractivity contribution in [3.05, 3.63) is 58.4 Å². The van der Waals surface area contributed by atoms with Crippen LogP contribution < -0.4 is 4.74 Å². The number of thiophene rings is 1. The van der Waals surface area contributed by atoms with Crippen LogP contribution in [0.1, 0.15) is 61.5 Å². The van der Waals surface area contributed by atoms with Crippen LogP contribution >= 0.6 is 11.3 Å². The van der Waals surface area contributed by atoms with Gasteiger partial charge in [0.05, 0.1) is 18.7 Å². The van der Waals surface area contributed by atoms with E-state index in [-0.39, 0.29) is 6.42 Å². The number of hydrogen-bond donors (Lipinski definition) is 2. The van der Waals surface area contributed by atoms with E-state index in [4.69, 9.17) is 4.74 Å². The van der Waals surface area contributed by atoms with E-state index in [0.29, 0.717) is 24.7 Å². The SMILES string of the molecule is COc1ccc2nccc([C@H](O)CC[C@@H]3CCN(CCCCc4cccs4)C[C@H]3CCC(=O)O)c2c1. The second-order valence-electron chi connectivity index (χ2n) is 9.95. The highest BCUT2D eigenvalue weighted by atomic mass is 32.1. The Morgan fingerprint density at radius 3 is 2.89 bits per heavy atom. The zero-order valence-corrected chi connectivity index (χ0v) is 22.0. The summed E-state index contributed by atoms with van der Waals surface area (Å²) in [5, 5.41) is 23.5. The summed E-state index contributed by atoms with van der Waals surface area (Å²) in [6.45, 7) is 3.09. The van der Waals surface area contributed by atoms with Gasteiger partial charge in [-0.05, 0) is 111 Å². The first-order valence-electron chi connectivity index (χ1n) is 13.1. The number of aryl methyl sites for hydroxylation is 1. The van der Waals surface area contributed by atoms with Crippen molar-refractivity contribution in [1.29, 1.82) is 0 Å². The molecule has 1 aromatic carbocycles. The van der Waals surface area contributed by atoms with Gasteiger partial charge in [0.2, 0.25) is 0 Å². The number of piperidine rings is 1. The first-order valence-corrected chi connectivity index (χ1v) is 14.0. The van der Waals surface area contributed by atoms with Crippen molar-refractivity contribution in [1.82, 2.24) is 9.88 Å². The molecule has 3 atom stereocenters. The normalized spacial score (nSPS) is 19.4. The number of likely N-dealkylation sites (tertiary alicyclic amines) is 1. The lowest BCUT2D eigenvalue weighted by Gasteiger charge is -2.39. The Morgan fingerprint density at radius 2 is 2.11 bits per heavy atom. The van der Waals surface area contributed by atoms with Gasteiger partial charge >= 0.3 is 5.97 Å². The summed E-state index contributed by atoms with van der Waals surface area (Å²) in [6, 6.07) is 12.0. The fraction of sp³-hybridized carbons (Fsp3) is 0.517. The summed E-state index contributed by atoms with van der Waals surface area (Å²) in [6.07, 6.45) is 8.20. The number of methoxy groups -OCH3 is 1. The van der Waals surface area contributed by atoms with Gasteiger partial charge in [-0.1, -0.05) is 6.07 Å². The largest absolute Gasteiger partial charge is 0.497 e. The molecular formula is C29H38N2O4S. The van der Waals surface area contributed by atoms with Gasteiger partial charge in [-0.15, -0.1) is 11.3 Å². The molecule has 6 nitrogen and oxygen atoms in total. The Bertz CT molecular complexity index is 1100. The number of hydrogen-bond acceptors (Lipinski definition) is 6. The van der Waals surface area contributed by atoms with E-state index < -0.39 is 12.1 Å². The average Bonchev–Trinajstić information content (AvgIpc) is 3.42. The predicted octanol–water partition coefficient (Wildman–Crippen LogP) is 5.94. The van der Waals surface area contributed by atoms with Crippen LogP contribution in [-0.2, 0) is 11.2 Å². The van der Waals surface area contributed by atoms with Crippen LogP contribution in [-0.4, -0.2) is 52.8 Å². The Balaban J connectivity index is 1.33. The molecule has 194 valence electrons. The lowest BCUT2D eigenvalue weighted by molar-refractivity contribution is -0.137. The van der Waals surface area contributed by atoms with Gasteiger partial charge in [-0.3, -0.25) is 9.78 Å². The van der Waals surface area contributed by atoms with Gasteiger partial charge in [0.15, 0.2) is 0 Å². The van der Waals surface area contributed by atoms with Gasteiger partial charge in [-0.2, -0.15) is 0 Å². The van der Waals surface area contributed by atoms with Gasteiger partial charge in [0.1, 0.15) is 5.75 Å². The third-order valence-corrected chi connectivity index (χ3v) is 8.52. The summed E-state index contributed by atoms with van der Waals surface area (Å²) < 4.78 is 5.37. The Labute approximate surface area is 217 Å². The average molecular weight is 511 g/mol. The maximum absolute atomic E-state index is 11.3. The fourth-order valence-corrected chi connectivity index (χ4v) is 6.31. The van der Waals surface area contributed by atoms with Gasteiger partial charge in [0.25, 0.3) is 0 Å². The van der Waals surface area contributed by atoms with E-state index in [9.17, 15) is 15.0 Å². The van der Waals surface area contributed by atoms with Crippen LogP contribution in [0.15, 0.2) is 48.0 Å². The van der Waals surface area contributed by atoms with Crippen molar-refractivity contribution in [2.45, 2.75) is 57.5 Å². The molecule has 3 heterocycles. The Hall–Kier alpha value is -2.48. The third kappa shape index (κ3) is 7.28. The van der Waals surface area contributed by atoms with E-state index in [0.717, 1.165) is 61.1 Å². The number of carbonyl (C=O) groups is 1. The molecule has 1 fully saturated rings. The number of nitrogens with zero attached hydrogens (tertiary/aromatic N) is 2. The Morgan fingerprint density at radius 1 is 1.22 bits per heavy atom. The molecular weight excluding hydrogens is 472 g/mol. The Kier molecular flexibility index (Phi) is 9.73. The first-order chi connectivity index (χ1) is 17.5. The third-order valence-electron chi connectivity index (χ3n) is 7.58. The molecule has 7 heteroatoms. The van der Waals surface area contributed by atoms with Crippen molar-refractivity contribution in [3.8, 4) is 5.75 Å². The maximum atomic E-state index is 11.3. The number of rotatable bonds is 13. The van der Waals surface area contributed by atoms with Gasteiger partial charge < -0.3 is 19.8 Å². The summed E-state index contributed by atoms with van der Waals surface area (Å²) in [5.74, 6) is 0.817. The van der Waals surface area contributed by atoms with Crippen LogP contribution in [0, 0.1) is 11.8 Å². The molecule has 2 aromatic heterocycles.